The predicted octanol–water partition coefficient (Wildman–Crippen LogP) is 4.16. The van der Waals surface area contributed by atoms with Crippen molar-refractivity contribution in [1.82, 2.24) is 0 Å². The highest BCUT2D eigenvalue weighted by Gasteiger charge is 2.31. The van der Waals surface area contributed by atoms with Crippen LogP contribution in [0.5, 0.6) is 0 Å². The second kappa shape index (κ2) is 4.11. The van der Waals surface area contributed by atoms with E-state index in [4.69, 9.17) is 10.7 Å². The first-order valence-corrected chi connectivity index (χ1v) is 7.78. The summed E-state index contributed by atoms with van der Waals surface area (Å²) < 4.78 is 60.5. The van der Waals surface area contributed by atoms with Crippen LogP contribution in [0.15, 0.2) is 22.4 Å². The number of thiophene rings is 1. The summed E-state index contributed by atoms with van der Waals surface area (Å²) in [7, 11) is 1.29. The van der Waals surface area contributed by atoms with Crippen molar-refractivity contribution in [2.45, 2.75) is 17.3 Å². The Bertz CT molecular complexity index is 717. The van der Waals surface area contributed by atoms with Crippen LogP contribution in [0.3, 0.4) is 0 Å². The van der Waals surface area contributed by atoms with Crippen LogP contribution in [0, 0.1) is 6.92 Å². The van der Waals surface area contributed by atoms with E-state index in [0.717, 1.165) is 23.5 Å². The van der Waals surface area contributed by atoms with Crippen molar-refractivity contribution in [3.05, 3.63) is 29.3 Å². The average molecular weight is 315 g/mol. The monoisotopic (exact) mass is 314 g/mol. The van der Waals surface area contributed by atoms with Crippen LogP contribution in [0.4, 0.5) is 13.2 Å². The second-order valence-corrected chi connectivity index (χ2v) is 7.47. The molecule has 0 amide bonds. The molecule has 2 aromatic rings. The van der Waals surface area contributed by atoms with Crippen molar-refractivity contribution in [3.8, 4) is 0 Å². The molecular weight excluding hydrogens is 309 g/mol. The summed E-state index contributed by atoms with van der Waals surface area (Å²) in [5.41, 5.74) is -0.564. The van der Waals surface area contributed by atoms with Crippen molar-refractivity contribution < 1.29 is 21.6 Å². The lowest BCUT2D eigenvalue weighted by atomic mass is 10.1. The van der Waals surface area contributed by atoms with Gasteiger partial charge in [-0.05, 0) is 36.1 Å². The zero-order valence-electron chi connectivity index (χ0n) is 8.88. The van der Waals surface area contributed by atoms with Gasteiger partial charge in [0, 0.05) is 15.4 Å². The summed E-state index contributed by atoms with van der Waals surface area (Å²) in [5.74, 6) is 0. The van der Waals surface area contributed by atoms with Crippen LogP contribution in [0.2, 0.25) is 0 Å². The molecule has 0 aliphatic rings. The summed E-state index contributed by atoms with van der Waals surface area (Å²) in [4.78, 5) is 0. The molecule has 0 atom stereocenters. The van der Waals surface area contributed by atoms with E-state index in [2.05, 4.69) is 0 Å². The average Bonchev–Trinajstić information content (AvgIpc) is 2.54. The van der Waals surface area contributed by atoms with Crippen molar-refractivity contribution in [3.63, 3.8) is 0 Å². The fraction of sp³-hybridized carbons (Fsp3) is 0.200. The number of benzene rings is 1. The van der Waals surface area contributed by atoms with E-state index in [1.807, 2.05) is 0 Å². The van der Waals surface area contributed by atoms with Crippen LogP contribution >= 0.6 is 22.0 Å². The summed E-state index contributed by atoms with van der Waals surface area (Å²) in [6.45, 7) is 1.44. The van der Waals surface area contributed by atoms with Gasteiger partial charge in [0.05, 0.1) is 5.56 Å². The van der Waals surface area contributed by atoms with Gasteiger partial charge >= 0.3 is 6.18 Å². The highest BCUT2D eigenvalue weighted by Crippen LogP contribution is 2.39. The molecule has 0 radical (unpaired) electrons. The van der Waals surface area contributed by atoms with Gasteiger partial charge in [-0.15, -0.1) is 11.3 Å². The summed E-state index contributed by atoms with van der Waals surface area (Å²) in [6.07, 6.45) is -4.46. The summed E-state index contributed by atoms with van der Waals surface area (Å²) in [6, 6.07) is 3.11. The summed E-state index contributed by atoms with van der Waals surface area (Å²) >= 11 is 0.863. The molecule has 0 saturated heterocycles. The zero-order valence-corrected chi connectivity index (χ0v) is 11.3. The SMILES string of the molecule is Cc1c(S(=O)(=O)Cl)sc2ccc(C(F)(F)F)cc12. The Morgan fingerprint density at radius 2 is 1.89 bits per heavy atom. The lowest BCUT2D eigenvalue weighted by Crippen LogP contribution is -2.03. The normalized spacial score (nSPS) is 13.2. The lowest BCUT2D eigenvalue weighted by molar-refractivity contribution is -0.137. The third-order valence-electron chi connectivity index (χ3n) is 2.44. The van der Waals surface area contributed by atoms with Gasteiger partial charge in [-0.1, -0.05) is 0 Å². The van der Waals surface area contributed by atoms with Gasteiger partial charge in [-0.3, -0.25) is 0 Å². The van der Waals surface area contributed by atoms with Crippen LogP contribution in [0.25, 0.3) is 10.1 Å². The Kier molecular flexibility index (Phi) is 3.11. The van der Waals surface area contributed by atoms with E-state index in [-0.39, 0.29) is 15.2 Å². The van der Waals surface area contributed by atoms with Crippen molar-refractivity contribution in [1.29, 1.82) is 0 Å². The van der Waals surface area contributed by atoms with E-state index in [9.17, 15) is 21.6 Å². The fourth-order valence-electron chi connectivity index (χ4n) is 1.61. The van der Waals surface area contributed by atoms with Gasteiger partial charge in [0.2, 0.25) is 0 Å². The molecule has 2 rings (SSSR count). The topological polar surface area (TPSA) is 34.1 Å². The molecule has 1 heterocycles. The number of hydrogen-bond acceptors (Lipinski definition) is 3. The standard InChI is InChI=1S/C10H6ClF3O2S2/c1-5-7-4-6(10(12,13)14)2-3-8(7)17-9(5)18(11,15)16/h2-4H,1H3. The Balaban J connectivity index is 2.76. The highest BCUT2D eigenvalue weighted by molar-refractivity contribution is 8.15. The number of hydrogen-bond donors (Lipinski definition) is 0. The lowest BCUT2D eigenvalue weighted by Gasteiger charge is -2.06. The van der Waals surface area contributed by atoms with Gasteiger partial charge in [0.25, 0.3) is 9.05 Å². The molecule has 1 aromatic heterocycles. The molecule has 1 aromatic carbocycles. The molecule has 0 aliphatic heterocycles. The minimum absolute atomic E-state index is 0.113. The number of aryl methyl sites for hydroxylation is 1. The first kappa shape index (κ1) is 13.6. The smallest absolute Gasteiger partial charge is 0.206 e. The maximum Gasteiger partial charge on any atom is 0.416 e. The van der Waals surface area contributed by atoms with E-state index in [0.29, 0.717) is 4.70 Å². The van der Waals surface area contributed by atoms with Crippen LogP contribution in [-0.4, -0.2) is 8.42 Å². The maximum absolute atomic E-state index is 12.5. The molecule has 0 aliphatic carbocycles. The van der Waals surface area contributed by atoms with Crippen LogP contribution in [-0.2, 0) is 15.2 Å². The first-order chi connectivity index (χ1) is 8.10. The minimum atomic E-state index is -4.46. The highest BCUT2D eigenvalue weighted by atomic mass is 35.7. The molecule has 0 N–H and O–H groups in total. The number of alkyl halides is 3. The molecule has 0 saturated carbocycles. The maximum atomic E-state index is 12.5. The van der Waals surface area contributed by atoms with Gasteiger partial charge in [-0.2, -0.15) is 13.2 Å². The molecule has 0 bridgehead atoms. The van der Waals surface area contributed by atoms with E-state index >= 15 is 0 Å². The van der Waals surface area contributed by atoms with Crippen molar-refractivity contribution in [2.24, 2.45) is 0 Å². The van der Waals surface area contributed by atoms with Crippen LogP contribution < -0.4 is 0 Å². The number of fused-ring (bicyclic) bond motifs is 1. The third-order valence-corrected chi connectivity index (χ3v) is 5.90. The zero-order chi connectivity index (χ0) is 13.7. The molecule has 8 heteroatoms. The first-order valence-electron chi connectivity index (χ1n) is 4.65. The second-order valence-electron chi connectivity index (χ2n) is 3.66. The Morgan fingerprint density at radius 3 is 2.39 bits per heavy atom. The van der Waals surface area contributed by atoms with E-state index in [1.165, 1.54) is 13.0 Å². The quantitative estimate of drug-likeness (QED) is 0.741. The minimum Gasteiger partial charge on any atom is -0.206 e. The molecule has 0 fully saturated rings. The Hall–Kier alpha value is -0.790. The van der Waals surface area contributed by atoms with Gasteiger partial charge in [0.1, 0.15) is 4.21 Å². The molecular formula is C10H6ClF3O2S2. The Morgan fingerprint density at radius 1 is 1.28 bits per heavy atom. The van der Waals surface area contributed by atoms with Crippen molar-refractivity contribution >= 4 is 41.2 Å². The van der Waals surface area contributed by atoms with E-state index in [1.54, 1.807) is 0 Å². The Labute approximate surface area is 109 Å². The van der Waals surface area contributed by atoms with Crippen LogP contribution in [0.1, 0.15) is 11.1 Å². The number of rotatable bonds is 1. The summed E-state index contributed by atoms with van der Waals surface area (Å²) in [5, 5.41) is 0.258. The molecule has 0 spiro atoms. The molecule has 98 valence electrons. The number of halogens is 4. The molecule has 18 heavy (non-hydrogen) atoms. The van der Waals surface area contributed by atoms with Crippen molar-refractivity contribution in [2.75, 3.05) is 0 Å². The predicted molar refractivity (Wildman–Crippen MR) is 64.6 cm³/mol. The largest absolute Gasteiger partial charge is 0.416 e. The fourth-order valence-corrected chi connectivity index (χ4v) is 4.30. The van der Waals surface area contributed by atoms with Gasteiger partial charge in [-0.25, -0.2) is 8.42 Å². The van der Waals surface area contributed by atoms with Gasteiger partial charge < -0.3 is 0 Å². The van der Waals surface area contributed by atoms with E-state index < -0.39 is 20.8 Å². The van der Waals surface area contributed by atoms with Gasteiger partial charge in [0.15, 0.2) is 0 Å². The molecule has 2 nitrogen and oxygen atoms in total. The third kappa shape index (κ3) is 2.34. The molecule has 0 unspecified atom stereocenters.